The first-order valence-electron chi connectivity index (χ1n) is 6.90. The standard InChI is InChI=1S/C16H19NO2/c1-2-9-17-16(14-8-5-10-18-14)15-11-12-6-3-4-7-13(12)19-15/h3-8,10,15-17H,2,9,11H2,1H3. The molecule has 19 heavy (non-hydrogen) atoms. The van der Waals surface area contributed by atoms with Gasteiger partial charge in [0.1, 0.15) is 23.7 Å². The van der Waals surface area contributed by atoms with Crippen molar-refractivity contribution in [1.82, 2.24) is 5.32 Å². The number of para-hydroxylation sites is 1. The van der Waals surface area contributed by atoms with Gasteiger partial charge < -0.3 is 14.5 Å². The van der Waals surface area contributed by atoms with E-state index in [1.165, 1.54) is 5.56 Å². The van der Waals surface area contributed by atoms with Gasteiger partial charge in [-0.2, -0.15) is 0 Å². The van der Waals surface area contributed by atoms with Gasteiger partial charge in [0.25, 0.3) is 0 Å². The Morgan fingerprint density at radius 1 is 1.26 bits per heavy atom. The van der Waals surface area contributed by atoms with Gasteiger partial charge in [-0.3, -0.25) is 0 Å². The lowest BCUT2D eigenvalue weighted by Crippen LogP contribution is -2.35. The predicted molar refractivity (Wildman–Crippen MR) is 74.3 cm³/mol. The van der Waals surface area contributed by atoms with Crippen molar-refractivity contribution in [2.45, 2.75) is 31.9 Å². The fraction of sp³-hybridized carbons (Fsp3) is 0.375. The van der Waals surface area contributed by atoms with E-state index >= 15 is 0 Å². The van der Waals surface area contributed by atoms with Crippen molar-refractivity contribution in [3.63, 3.8) is 0 Å². The number of ether oxygens (including phenoxy) is 1. The lowest BCUT2D eigenvalue weighted by Gasteiger charge is -2.22. The second kappa shape index (κ2) is 5.49. The molecule has 0 saturated heterocycles. The molecular formula is C16H19NO2. The van der Waals surface area contributed by atoms with Crippen LogP contribution in [0.25, 0.3) is 0 Å². The Bertz CT molecular complexity index is 496. The highest BCUT2D eigenvalue weighted by atomic mass is 16.5. The summed E-state index contributed by atoms with van der Waals surface area (Å²) < 4.78 is 11.6. The summed E-state index contributed by atoms with van der Waals surface area (Å²) in [5, 5.41) is 3.53. The van der Waals surface area contributed by atoms with Crippen molar-refractivity contribution < 1.29 is 9.15 Å². The molecule has 2 atom stereocenters. The average Bonchev–Trinajstić information content (AvgIpc) is 3.08. The van der Waals surface area contributed by atoms with Crippen LogP contribution in [0.5, 0.6) is 5.75 Å². The molecule has 1 aliphatic rings. The van der Waals surface area contributed by atoms with E-state index in [1.807, 2.05) is 24.3 Å². The quantitative estimate of drug-likeness (QED) is 0.892. The summed E-state index contributed by atoms with van der Waals surface area (Å²) in [6.45, 7) is 3.12. The summed E-state index contributed by atoms with van der Waals surface area (Å²) in [6.07, 6.45) is 3.85. The van der Waals surface area contributed by atoms with Crippen LogP contribution in [0, 0.1) is 0 Å². The largest absolute Gasteiger partial charge is 0.488 e. The first kappa shape index (κ1) is 12.3. The van der Waals surface area contributed by atoms with Gasteiger partial charge >= 0.3 is 0 Å². The average molecular weight is 257 g/mol. The van der Waals surface area contributed by atoms with Crippen molar-refractivity contribution in [3.8, 4) is 5.75 Å². The molecule has 0 bridgehead atoms. The van der Waals surface area contributed by atoms with Gasteiger partial charge in [0.05, 0.1) is 6.26 Å². The summed E-state index contributed by atoms with van der Waals surface area (Å²) in [6, 6.07) is 12.3. The molecular weight excluding hydrogens is 238 g/mol. The van der Waals surface area contributed by atoms with Gasteiger partial charge in [-0.15, -0.1) is 0 Å². The third kappa shape index (κ3) is 2.51. The first-order valence-corrected chi connectivity index (χ1v) is 6.90. The zero-order valence-corrected chi connectivity index (χ0v) is 11.1. The molecule has 100 valence electrons. The Morgan fingerprint density at radius 3 is 2.89 bits per heavy atom. The second-order valence-corrected chi connectivity index (χ2v) is 4.92. The molecule has 2 aromatic rings. The molecule has 0 saturated carbocycles. The number of fused-ring (bicyclic) bond motifs is 1. The van der Waals surface area contributed by atoms with Crippen molar-refractivity contribution in [2.75, 3.05) is 6.54 Å². The van der Waals surface area contributed by atoms with Crippen molar-refractivity contribution in [1.29, 1.82) is 0 Å². The van der Waals surface area contributed by atoms with E-state index < -0.39 is 0 Å². The van der Waals surface area contributed by atoms with Gasteiger partial charge in [-0.1, -0.05) is 25.1 Å². The fourth-order valence-electron chi connectivity index (χ4n) is 2.58. The predicted octanol–water partition coefficient (Wildman–Crippen LogP) is 3.32. The summed E-state index contributed by atoms with van der Waals surface area (Å²) in [4.78, 5) is 0. The van der Waals surface area contributed by atoms with Crippen LogP contribution in [0.4, 0.5) is 0 Å². The minimum atomic E-state index is 0.107. The van der Waals surface area contributed by atoms with Gasteiger partial charge in [0.2, 0.25) is 0 Å². The Kier molecular flexibility index (Phi) is 3.56. The molecule has 0 fully saturated rings. The van der Waals surface area contributed by atoms with Crippen LogP contribution in [-0.2, 0) is 6.42 Å². The molecule has 3 heteroatoms. The van der Waals surface area contributed by atoms with Crippen LogP contribution in [0.15, 0.2) is 47.1 Å². The molecule has 3 nitrogen and oxygen atoms in total. The molecule has 0 aliphatic carbocycles. The van der Waals surface area contributed by atoms with Crippen molar-refractivity contribution in [3.05, 3.63) is 54.0 Å². The van der Waals surface area contributed by atoms with Crippen molar-refractivity contribution in [2.24, 2.45) is 0 Å². The van der Waals surface area contributed by atoms with Crippen LogP contribution in [-0.4, -0.2) is 12.6 Å². The van der Waals surface area contributed by atoms with E-state index in [0.717, 1.165) is 30.9 Å². The van der Waals surface area contributed by atoms with Crippen LogP contribution in [0.3, 0.4) is 0 Å². The third-order valence-electron chi connectivity index (χ3n) is 3.51. The maximum Gasteiger partial charge on any atom is 0.125 e. The van der Waals surface area contributed by atoms with Crippen molar-refractivity contribution >= 4 is 0 Å². The number of furan rings is 1. The summed E-state index contributed by atoms with van der Waals surface area (Å²) in [5.74, 6) is 1.95. The van der Waals surface area contributed by atoms with E-state index in [4.69, 9.17) is 9.15 Å². The smallest absolute Gasteiger partial charge is 0.125 e. The minimum Gasteiger partial charge on any atom is -0.488 e. The molecule has 1 aromatic heterocycles. The van der Waals surface area contributed by atoms with Crippen LogP contribution in [0.2, 0.25) is 0 Å². The fourth-order valence-corrected chi connectivity index (χ4v) is 2.58. The molecule has 1 N–H and O–H groups in total. The van der Waals surface area contributed by atoms with E-state index in [2.05, 4.69) is 24.4 Å². The molecule has 1 aliphatic heterocycles. The molecule has 0 spiro atoms. The Hall–Kier alpha value is -1.74. The highest BCUT2D eigenvalue weighted by Gasteiger charge is 2.32. The zero-order valence-electron chi connectivity index (χ0n) is 11.1. The summed E-state index contributed by atoms with van der Waals surface area (Å²) in [7, 11) is 0. The van der Waals surface area contributed by atoms with Crippen LogP contribution >= 0.6 is 0 Å². The van der Waals surface area contributed by atoms with Gasteiger partial charge in [-0.05, 0) is 36.7 Å². The first-order chi connectivity index (χ1) is 9.38. The Morgan fingerprint density at radius 2 is 2.16 bits per heavy atom. The Labute approximate surface area is 113 Å². The minimum absolute atomic E-state index is 0.107. The van der Waals surface area contributed by atoms with Crippen LogP contribution in [0.1, 0.15) is 30.7 Å². The second-order valence-electron chi connectivity index (χ2n) is 4.92. The van der Waals surface area contributed by atoms with E-state index in [1.54, 1.807) is 6.26 Å². The molecule has 2 unspecified atom stereocenters. The topological polar surface area (TPSA) is 34.4 Å². The monoisotopic (exact) mass is 257 g/mol. The van der Waals surface area contributed by atoms with Gasteiger partial charge in [0.15, 0.2) is 0 Å². The molecule has 0 radical (unpaired) electrons. The number of hydrogen-bond donors (Lipinski definition) is 1. The summed E-state index contributed by atoms with van der Waals surface area (Å²) >= 11 is 0. The summed E-state index contributed by atoms with van der Waals surface area (Å²) in [5.41, 5.74) is 1.28. The number of benzene rings is 1. The number of nitrogens with one attached hydrogen (secondary N) is 1. The van der Waals surface area contributed by atoms with E-state index in [9.17, 15) is 0 Å². The van der Waals surface area contributed by atoms with Gasteiger partial charge in [-0.25, -0.2) is 0 Å². The zero-order chi connectivity index (χ0) is 13.1. The van der Waals surface area contributed by atoms with Crippen LogP contribution < -0.4 is 10.1 Å². The van der Waals surface area contributed by atoms with E-state index in [0.29, 0.717) is 0 Å². The highest BCUT2D eigenvalue weighted by molar-refractivity contribution is 5.38. The van der Waals surface area contributed by atoms with Gasteiger partial charge in [0, 0.05) is 6.42 Å². The molecule has 2 heterocycles. The normalized spacial score (nSPS) is 18.9. The van der Waals surface area contributed by atoms with E-state index in [-0.39, 0.29) is 12.1 Å². The third-order valence-corrected chi connectivity index (χ3v) is 3.51. The lowest BCUT2D eigenvalue weighted by molar-refractivity contribution is 0.164. The maximum absolute atomic E-state index is 6.07. The highest BCUT2D eigenvalue weighted by Crippen LogP contribution is 2.34. The lowest BCUT2D eigenvalue weighted by atomic mass is 10.0. The number of hydrogen-bond acceptors (Lipinski definition) is 3. The SMILES string of the molecule is CCCNC(c1ccco1)C1Cc2ccccc2O1. The molecule has 0 amide bonds. The number of rotatable bonds is 5. The Balaban J connectivity index is 1.79. The maximum atomic E-state index is 6.07. The molecule has 3 rings (SSSR count). The molecule has 1 aromatic carbocycles.